The predicted octanol–water partition coefficient (Wildman–Crippen LogP) is 2.55. The van der Waals surface area contributed by atoms with Gasteiger partial charge in [0.1, 0.15) is 5.54 Å². The van der Waals surface area contributed by atoms with Gasteiger partial charge in [0.2, 0.25) is 0 Å². The minimum absolute atomic E-state index is 0.177. The Bertz CT molecular complexity index is 1110. The molecule has 0 unspecified atom stereocenters. The Balaban J connectivity index is 1.38. The summed E-state index contributed by atoms with van der Waals surface area (Å²) in [6, 6.07) is 11.3. The Morgan fingerprint density at radius 1 is 0.818 bits per heavy atom. The minimum atomic E-state index is -1.24. The quantitative estimate of drug-likeness (QED) is 0.376. The molecule has 2 aromatic carbocycles. The lowest BCUT2D eigenvalue weighted by Crippen LogP contribution is -2.41. The number of nitrogens with zero attached hydrogens (tertiary/aromatic N) is 2. The predicted molar refractivity (Wildman–Crippen MR) is 118 cm³/mol. The number of urea groups is 1. The van der Waals surface area contributed by atoms with Gasteiger partial charge in [-0.15, -0.1) is 0 Å². The van der Waals surface area contributed by atoms with Crippen molar-refractivity contribution in [3.63, 3.8) is 0 Å². The van der Waals surface area contributed by atoms with Crippen LogP contribution in [-0.4, -0.2) is 60.9 Å². The molecule has 2 aliphatic rings. The molecule has 2 heterocycles. The van der Waals surface area contributed by atoms with Gasteiger partial charge in [-0.1, -0.05) is 18.2 Å². The number of methoxy groups -OCH3 is 2. The summed E-state index contributed by atoms with van der Waals surface area (Å²) in [5.74, 6) is -0.0250. The van der Waals surface area contributed by atoms with Gasteiger partial charge < -0.3 is 14.8 Å². The summed E-state index contributed by atoms with van der Waals surface area (Å²) in [5.41, 5.74) is 0.149. The number of hydrogen-bond donors (Lipinski definition) is 1. The molecule has 0 aliphatic carbocycles. The molecule has 4 rings (SSSR count). The van der Waals surface area contributed by atoms with Crippen LogP contribution in [0.5, 0.6) is 11.5 Å². The van der Waals surface area contributed by atoms with Crippen molar-refractivity contribution in [3.05, 3.63) is 59.2 Å². The van der Waals surface area contributed by atoms with Crippen molar-refractivity contribution in [3.8, 4) is 11.5 Å². The molecule has 1 fully saturated rings. The first-order valence-electron chi connectivity index (χ1n) is 10.6. The molecule has 2 aliphatic heterocycles. The van der Waals surface area contributed by atoms with E-state index in [4.69, 9.17) is 9.47 Å². The number of rotatable bonds is 8. The molecule has 1 saturated heterocycles. The van der Waals surface area contributed by atoms with E-state index in [9.17, 15) is 19.2 Å². The van der Waals surface area contributed by atoms with Crippen LogP contribution in [0.4, 0.5) is 4.79 Å². The molecular formula is C24H25N3O6. The van der Waals surface area contributed by atoms with E-state index in [1.54, 1.807) is 49.4 Å². The highest BCUT2D eigenvalue weighted by molar-refractivity contribution is 6.21. The van der Waals surface area contributed by atoms with Crippen molar-refractivity contribution in [2.45, 2.75) is 25.3 Å². The van der Waals surface area contributed by atoms with Crippen LogP contribution in [0.25, 0.3) is 0 Å². The van der Waals surface area contributed by atoms with Gasteiger partial charge in [0.25, 0.3) is 17.7 Å². The molecule has 1 N–H and O–H groups in total. The Morgan fingerprint density at radius 2 is 1.39 bits per heavy atom. The maximum atomic E-state index is 13.1. The third kappa shape index (κ3) is 3.69. The van der Waals surface area contributed by atoms with Crippen molar-refractivity contribution in [2.24, 2.45) is 0 Å². The average molecular weight is 451 g/mol. The average Bonchev–Trinajstić information content (AvgIpc) is 3.20. The van der Waals surface area contributed by atoms with E-state index in [-0.39, 0.29) is 30.8 Å². The van der Waals surface area contributed by atoms with E-state index >= 15 is 0 Å². The number of hydrogen-bond acceptors (Lipinski definition) is 6. The molecule has 0 bridgehead atoms. The molecular weight excluding hydrogens is 426 g/mol. The van der Waals surface area contributed by atoms with Gasteiger partial charge in [-0.2, -0.15) is 0 Å². The maximum absolute atomic E-state index is 13.1. The molecule has 2 aromatic rings. The lowest BCUT2D eigenvalue weighted by Gasteiger charge is -2.23. The zero-order valence-corrected chi connectivity index (χ0v) is 18.7. The van der Waals surface area contributed by atoms with Crippen LogP contribution in [0.15, 0.2) is 42.5 Å². The van der Waals surface area contributed by atoms with Crippen LogP contribution < -0.4 is 14.8 Å². The fourth-order valence-corrected chi connectivity index (χ4v) is 4.22. The summed E-state index contributed by atoms with van der Waals surface area (Å²) in [5, 5.41) is 2.77. The molecule has 5 amide bonds. The van der Waals surface area contributed by atoms with Gasteiger partial charge in [0.15, 0.2) is 11.5 Å². The first-order chi connectivity index (χ1) is 15.8. The highest BCUT2D eigenvalue weighted by Gasteiger charge is 2.49. The summed E-state index contributed by atoms with van der Waals surface area (Å²) < 4.78 is 10.6. The number of amides is 5. The first kappa shape index (κ1) is 22.3. The van der Waals surface area contributed by atoms with Crippen molar-refractivity contribution in [1.29, 1.82) is 0 Å². The van der Waals surface area contributed by atoms with Crippen molar-refractivity contribution in [1.82, 2.24) is 15.1 Å². The van der Waals surface area contributed by atoms with Crippen molar-refractivity contribution in [2.75, 3.05) is 27.3 Å². The molecule has 0 radical (unpaired) electrons. The summed E-state index contributed by atoms with van der Waals surface area (Å²) in [6.45, 7) is 2.05. The van der Waals surface area contributed by atoms with Gasteiger partial charge in [-0.3, -0.25) is 24.2 Å². The first-order valence-corrected chi connectivity index (χ1v) is 10.6. The lowest BCUT2D eigenvalue weighted by atomic mass is 9.91. The second kappa shape index (κ2) is 8.57. The topological polar surface area (TPSA) is 105 Å². The molecule has 33 heavy (non-hydrogen) atoms. The highest BCUT2D eigenvalue weighted by Crippen LogP contribution is 2.35. The van der Waals surface area contributed by atoms with E-state index in [0.29, 0.717) is 41.0 Å². The summed E-state index contributed by atoms with van der Waals surface area (Å²) in [4.78, 5) is 53.0. The third-order valence-electron chi connectivity index (χ3n) is 6.13. The van der Waals surface area contributed by atoms with Crippen LogP contribution in [0.3, 0.4) is 0 Å². The number of fused-ring (bicyclic) bond motifs is 1. The van der Waals surface area contributed by atoms with Gasteiger partial charge in [0.05, 0.1) is 25.3 Å². The Morgan fingerprint density at radius 3 is 1.97 bits per heavy atom. The number of unbranched alkanes of at least 4 members (excludes halogenated alkanes) is 1. The van der Waals surface area contributed by atoms with Crippen molar-refractivity contribution >= 4 is 23.8 Å². The van der Waals surface area contributed by atoms with Crippen LogP contribution in [0.1, 0.15) is 46.0 Å². The molecule has 172 valence electrons. The standard InChI is InChI=1S/C24H25N3O6/c1-24(15-10-11-18(32-2)19(14-15)33-3)22(30)27(23(31)25-24)13-7-6-12-26-20(28)16-8-4-5-9-17(16)21(26)29/h4-5,8-11,14H,6-7,12-13H2,1-3H3,(H,25,31)/t24-/m0/s1. The molecule has 0 saturated carbocycles. The fraction of sp³-hybridized carbons (Fsp3) is 0.333. The Kier molecular flexibility index (Phi) is 5.80. The number of carbonyl (C=O) groups is 4. The second-order valence-electron chi connectivity index (χ2n) is 8.10. The Hall–Kier alpha value is -3.88. The zero-order chi connectivity index (χ0) is 23.8. The molecule has 9 nitrogen and oxygen atoms in total. The van der Waals surface area contributed by atoms with Crippen LogP contribution in [0, 0.1) is 0 Å². The summed E-state index contributed by atoms with van der Waals surface area (Å²) in [7, 11) is 3.02. The molecule has 0 spiro atoms. The van der Waals surface area contributed by atoms with E-state index in [2.05, 4.69) is 5.32 Å². The van der Waals surface area contributed by atoms with Gasteiger partial charge in [0, 0.05) is 13.1 Å². The van der Waals surface area contributed by atoms with E-state index in [0.717, 1.165) is 0 Å². The summed E-state index contributed by atoms with van der Waals surface area (Å²) >= 11 is 0. The Labute approximate surface area is 191 Å². The molecule has 9 heteroatoms. The van der Waals surface area contributed by atoms with E-state index in [1.807, 2.05) is 0 Å². The number of imide groups is 2. The monoisotopic (exact) mass is 451 g/mol. The molecule has 1 atom stereocenters. The third-order valence-corrected chi connectivity index (χ3v) is 6.13. The smallest absolute Gasteiger partial charge is 0.325 e. The van der Waals surface area contributed by atoms with E-state index in [1.165, 1.54) is 24.0 Å². The van der Waals surface area contributed by atoms with Crippen LogP contribution in [-0.2, 0) is 10.3 Å². The van der Waals surface area contributed by atoms with Gasteiger partial charge in [-0.25, -0.2) is 4.79 Å². The largest absolute Gasteiger partial charge is 0.493 e. The van der Waals surface area contributed by atoms with Crippen molar-refractivity contribution < 1.29 is 28.7 Å². The minimum Gasteiger partial charge on any atom is -0.493 e. The number of ether oxygens (including phenoxy) is 2. The van der Waals surface area contributed by atoms with Crippen LogP contribution in [0.2, 0.25) is 0 Å². The van der Waals surface area contributed by atoms with Crippen LogP contribution >= 0.6 is 0 Å². The zero-order valence-electron chi connectivity index (χ0n) is 18.7. The van der Waals surface area contributed by atoms with E-state index < -0.39 is 11.6 Å². The maximum Gasteiger partial charge on any atom is 0.325 e. The lowest BCUT2D eigenvalue weighted by molar-refractivity contribution is -0.131. The number of carbonyl (C=O) groups excluding carboxylic acids is 4. The highest BCUT2D eigenvalue weighted by atomic mass is 16.5. The second-order valence-corrected chi connectivity index (χ2v) is 8.10. The van der Waals surface area contributed by atoms with Gasteiger partial charge in [-0.05, 0) is 49.6 Å². The van der Waals surface area contributed by atoms with Gasteiger partial charge >= 0.3 is 6.03 Å². The fourth-order valence-electron chi connectivity index (χ4n) is 4.22. The summed E-state index contributed by atoms with van der Waals surface area (Å²) in [6.07, 6.45) is 0.921. The normalized spacial score (nSPS) is 19.7. The number of benzene rings is 2. The number of nitrogens with one attached hydrogen (secondary N) is 1. The molecule has 0 aromatic heterocycles. The SMILES string of the molecule is COc1ccc([C@]2(C)NC(=O)N(CCCCN3C(=O)c4ccccc4C3=O)C2=O)cc1OC.